The first-order valence-corrected chi connectivity index (χ1v) is 10.3. The lowest BCUT2D eigenvalue weighted by atomic mass is 10.1. The average molecular weight is 323 g/mol. The molecule has 0 aliphatic heterocycles. The second kappa shape index (κ2) is 7.49. The molecule has 0 saturated carbocycles. The van der Waals surface area contributed by atoms with Gasteiger partial charge in [0.25, 0.3) is 0 Å². The Morgan fingerprint density at radius 1 is 1.05 bits per heavy atom. The van der Waals surface area contributed by atoms with Gasteiger partial charge in [-0.3, -0.25) is 0 Å². The summed E-state index contributed by atoms with van der Waals surface area (Å²) in [5.74, 6) is 3.37. The van der Waals surface area contributed by atoms with Crippen molar-refractivity contribution in [1.82, 2.24) is 0 Å². The number of aliphatic hydroxyl groups excluding tert-OH is 1. The Hall–Kier alpha value is -0.753. The van der Waals surface area contributed by atoms with Gasteiger partial charge in [0.2, 0.25) is 0 Å². The largest absolute Gasteiger partial charge is 0.392 e. The summed E-state index contributed by atoms with van der Waals surface area (Å²) in [6.07, 6.45) is 0. The zero-order valence-corrected chi connectivity index (χ0v) is 15.8. The highest BCUT2D eigenvalue weighted by atomic mass is 35.5. The van der Waals surface area contributed by atoms with Gasteiger partial charge in [0.1, 0.15) is 8.07 Å². The minimum atomic E-state index is -1.70. The summed E-state index contributed by atoms with van der Waals surface area (Å²) in [7, 11) is -1.70. The highest BCUT2D eigenvalue weighted by molar-refractivity contribution is 6.90. The topological polar surface area (TPSA) is 20.2 Å². The molecule has 0 spiro atoms. The van der Waals surface area contributed by atoms with E-state index in [-0.39, 0.29) is 6.61 Å². The molecule has 0 aliphatic rings. The Labute approximate surface area is 135 Å². The maximum Gasteiger partial charge on any atom is 0.146 e. The van der Waals surface area contributed by atoms with Crippen LogP contribution in [-0.2, 0) is 6.61 Å². The highest BCUT2D eigenvalue weighted by Gasteiger charge is 2.41. The molecule has 1 N–H and O–H groups in total. The van der Waals surface area contributed by atoms with Crippen LogP contribution < -0.4 is 0 Å². The molecule has 3 heteroatoms. The maximum absolute atomic E-state index is 9.17. The van der Waals surface area contributed by atoms with Gasteiger partial charge in [0, 0.05) is 10.6 Å². The van der Waals surface area contributed by atoms with E-state index in [2.05, 4.69) is 53.0 Å². The van der Waals surface area contributed by atoms with Crippen LogP contribution in [0.1, 0.15) is 52.7 Å². The van der Waals surface area contributed by atoms with Crippen molar-refractivity contribution < 1.29 is 5.11 Å². The number of aliphatic hydroxyl groups is 1. The third kappa shape index (κ3) is 3.91. The van der Waals surface area contributed by atoms with Crippen molar-refractivity contribution in [2.24, 2.45) is 0 Å². The first-order valence-electron chi connectivity index (χ1n) is 7.68. The maximum atomic E-state index is 9.17. The predicted molar refractivity (Wildman–Crippen MR) is 95.3 cm³/mol. The fourth-order valence-electron chi connectivity index (χ4n) is 3.37. The van der Waals surface area contributed by atoms with Gasteiger partial charge in [-0.05, 0) is 34.3 Å². The molecule has 0 unspecified atom stereocenters. The van der Waals surface area contributed by atoms with E-state index in [1.807, 2.05) is 18.2 Å². The molecule has 0 atom stereocenters. The molecule has 116 valence electrons. The zero-order chi connectivity index (χ0) is 16.2. The van der Waals surface area contributed by atoms with Gasteiger partial charge in [-0.15, -0.1) is 5.54 Å². The first-order chi connectivity index (χ1) is 9.75. The van der Waals surface area contributed by atoms with Gasteiger partial charge in [-0.25, -0.2) is 0 Å². The Balaban J connectivity index is 3.25. The molecule has 0 heterocycles. The van der Waals surface area contributed by atoms with Crippen molar-refractivity contribution >= 4 is 19.7 Å². The molecule has 0 bridgehead atoms. The first kappa shape index (κ1) is 18.3. The van der Waals surface area contributed by atoms with Crippen LogP contribution in [0, 0.1) is 11.5 Å². The summed E-state index contributed by atoms with van der Waals surface area (Å²) >= 11 is 6.15. The molecular weight excluding hydrogens is 296 g/mol. The molecule has 0 radical (unpaired) electrons. The fourth-order valence-corrected chi connectivity index (χ4v) is 8.83. The Morgan fingerprint density at radius 3 is 1.95 bits per heavy atom. The Morgan fingerprint density at radius 2 is 1.57 bits per heavy atom. The van der Waals surface area contributed by atoms with Crippen LogP contribution in [0.15, 0.2) is 18.2 Å². The number of hydrogen-bond donors (Lipinski definition) is 1. The predicted octanol–water partition coefficient (Wildman–Crippen LogP) is 5.40. The second-order valence-electron chi connectivity index (χ2n) is 6.61. The van der Waals surface area contributed by atoms with Gasteiger partial charge >= 0.3 is 0 Å². The molecule has 1 nitrogen and oxygen atoms in total. The number of hydrogen-bond acceptors (Lipinski definition) is 1. The van der Waals surface area contributed by atoms with Crippen molar-refractivity contribution in [2.45, 2.75) is 64.8 Å². The fraction of sp³-hybridized carbons (Fsp3) is 0.556. The van der Waals surface area contributed by atoms with Crippen molar-refractivity contribution in [1.29, 1.82) is 0 Å². The number of halogens is 1. The van der Waals surface area contributed by atoms with E-state index in [0.717, 1.165) is 11.1 Å². The van der Waals surface area contributed by atoms with Crippen LogP contribution in [0.4, 0.5) is 0 Å². The molecule has 1 aromatic carbocycles. The molecule has 1 rings (SSSR count). The zero-order valence-electron chi connectivity index (χ0n) is 14.0. The number of benzene rings is 1. The summed E-state index contributed by atoms with van der Waals surface area (Å²) in [6.45, 7) is 13.8. The lowest BCUT2D eigenvalue weighted by Gasteiger charge is -2.38. The van der Waals surface area contributed by atoms with Crippen LogP contribution in [0.5, 0.6) is 0 Å². The molecule has 0 fully saturated rings. The van der Waals surface area contributed by atoms with Gasteiger partial charge in [0.05, 0.1) is 6.61 Å². The summed E-state index contributed by atoms with van der Waals surface area (Å²) in [6, 6.07) is 5.67. The van der Waals surface area contributed by atoms with Gasteiger partial charge in [0.15, 0.2) is 0 Å². The van der Waals surface area contributed by atoms with Crippen LogP contribution in [0.25, 0.3) is 0 Å². The van der Waals surface area contributed by atoms with E-state index in [0.29, 0.717) is 21.6 Å². The van der Waals surface area contributed by atoms with Crippen molar-refractivity contribution in [3.8, 4) is 11.5 Å². The molecule has 0 aromatic heterocycles. The monoisotopic (exact) mass is 322 g/mol. The van der Waals surface area contributed by atoms with E-state index in [1.54, 1.807) is 0 Å². The summed E-state index contributed by atoms with van der Waals surface area (Å²) < 4.78 is 0. The summed E-state index contributed by atoms with van der Waals surface area (Å²) in [4.78, 5) is 0. The third-order valence-electron chi connectivity index (χ3n) is 4.51. The molecular formula is C18H27ClOSi. The third-order valence-corrected chi connectivity index (χ3v) is 11.2. The summed E-state index contributed by atoms with van der Waals surface area (Å²) in [5, 5.41) is 9.77. The minimum Gasteiger partial charge on any atom is -0.392 e. The lowest BCUT2D eigenvalue weighted by Crippen LogP contribution is -2.43. The lowest BCUT2D eigenvalue weighted by molar-refractivity contribution is 0.282. The molecule has 21 heavy (non-hydrogen) atoms. The van der Waals surface area contributed by atoms with Crippen LogP contribution in [0.2, 0.25) is 21.6 Å². The smallest absolute Gasteiger partial charge is 0.146 e. The van der Waals surface area contributed by atoms with Crippen LogP contribution in [-0.4, -0.2) is 13.2 Å². The van der Waals surface area contributed by atoms with Gasteiger partial charge in [-0.2, -0.15) is 0 Å². The van der Waals surface area contributed by atoms with Crippen LogP contribution >= 0.6 is 11.6 Å². The Kier molecular flexibility index (Phi) is 6.53. The molecule has 0 amide bonds. The quantitative estimate of drug-likeness (QED) is 0.581. The van der Waals surface area contributed by atoms with Gasteiger partial charge < -0.3 is 5.11 Å². The summed E-state index contributed by atoms with van der Waals surface area (Å²) in [5.41, 5.74) is 7.24. The molecule has 0 saturated heterocycles. The minimum absolute atomic E-state index is 0.0325. The Bertz CT molecular complexity index is 516. The van der Waals surface area contributed by atoms with E-state index in [1.165, 1.54) is 0 Å². The van der Waals surface area contributed by atoms with Gasteiger partial charge in [-0.1, -0.05) is 65.1 Å². The number of rotatable bonds is 4. The average Bonchev–Trinajstić information content (AvgIpc) is 2.38. The SMILES string of the molecule is CC(C)[Si](C#Cc1ccc(CO)c(Cl)c1)(C(C)C)C(C)C. The van der Waals surface area contributed by atoms with E-state index >= 15 is 0 Å². The second-order valence-corrected chi connectivity index (χ2v) is 12.6. The van der Waals surface area contributed by atoms with Crippen molar-refractivity contribution in [2.75, 3.05) is 0 Å². The standard InChI is InChI=1S/C18H27ClOSi/c1-13(2)21(14(3)4,15(5)6)10-9-16-7-8-17(12-20)18(19)11-16/h7-8,11,13-15,20H,12H2,1-6H3. The van der Waals surface area contributed by atoms with Crippen molar-refractivity contribution in [3.63, 3.8) is 0 Å². The molecule has 1 aromatic rings. The van der Waals surface area contributed by atoms with E-state index in [9.17, 15) is 5.11 Å². The highest BCUT2D eigenvalue weighted by Crippen LogP contribution is 2.40. The normalized spacial score (nSPS) is 12.0. The van der Waals surface area contributed by atoms with Crippen LogP contribution in [0.3, 0.4) is 0 Å². The molecule has 0 aliphatic carbocycles. The van der Waals surface area contributed by atoms with E-state index < -0.39 is 8.07 Å². The van der Waals surface area contributed by atoms with Crippen molar-refractivity contribution in [3.05, 3.63) is 34.3 Å². The van der Waals surface area contributed by atoms with E-state index in [4.69, 9.17) is 11.6 Å².